The molecule has 0 saturated heterocycles. The molecule has 120 valence electrons. The number of aromatic nitrogens is 1. The van der Waals surface area contributed by atoms with Crippen LogP contribution < -0.4 is 4.90 Å². The SMILES string of the molecule is COC(=O)c1ccnc2c1CC(=O)N2COCC[Si](C)(C)C. The van der Waals surface area contributed by atoms with Gasteiger partial charge in [-0.3, -0.25) is 9.69 Å². The number of carbonyl (C=O) groups excluding carboxylic acids is 2. The van der Waals surface area contributed by atoms with Crippen LogP contribution in [0.15, 0.2) is 12.3 Å². The van der Waals surface area contributed by atoms with Crippen LogP contribution in [0.5, 0.6) is 0 Å². The topological polar surface area (TPSA) is 68.7 Å². The van der Waals surface area contributed by atoms with Crippen molar-refractivity contribution in [2.45, 2.75) is 32.1 Å². The lowest BCUT2D eigenvalue weighted by molar-refractivity contribution is -0.118. The number of anilines is 1. The van der Waals surface area contributed by atoms with Gasteiger partial charge in [-0.1, -0.05) is 19.6 Å². The van der Waals surface area contributed by atoms with Crippen molar-refractivity contribution in [2.75, 3.05) is 25.3 Å². The van der Waals surface area contributed by atoms with Crippen LogP contribution >= 0.6 is 0 Å². The van der Waals surface area contributed by atoms with Gasteiger partial charge < -0.3 is 9.47 Å². The summed E-state index contributed by atoms with van der Waals surface area (Å²) >= 11 is 0. The van der Waals surface area contributed by atoms with E-state index in [1.54, 1.807) is 6.07 Å². The molecule has 6 nitrogen and oxygen atoms in total. The van der Waals surface area contributed by atoms with Crippen LogP contribution in [0.4, 0.5) is 5.82 Å². The summed E-state index contributed by atoms with van der Waals surface area (Å²) in [5.41, 5.74) is 1.01. The zero-order chi connectivity index (χ0) is 16.3. The number of esters is 1. The van der Waals surface area contributed by atoms with Gasteiger partial charge in [0.15, 0.2) is 0 Å². The molecule has 0 unspecified atom stereocenters. The molecule has 1 aliphatic rings. The summed E-state index contributed by atoms with van der Waals surface area (Å²) in [7, 11) is 0.166. The largest absolute Gasteiger partial charge is 0.465 e. The molecule has 22 heavy (non-hydrogen) atoms. The molecule has 0 saturated carbocycles. The molecule has 0 aromatic carbocycles. The van der Waals surface area contributed by atoms with Crippen LogP contribution in [0.25, 0.3) is 0 Å². The summed E-state index contributed by atoms with van der Waals surface area (Å²) in [4.78, 5) is 29.6. The second kappa shape index (κ2) is 6.58. The number of rotatable bonds is 6. The van der Waals surface area contributed by atoms with Crippen molar-refractivity contribution in [1.82, 2.24) is 4.98 Å². The Kier molecular flexibility index (Phi) is 4.97. The molecule has 0 spiro atoms. The molecule has 0 fully saturated rings. The first-order chi connectivity index (χ1) is 10.3. The zero-order valence-corrected chi connectivity index (χ0v) is 14.5. The maximum Gasteiger partial charge on any atom is 0.338 e. The minimum Gasteiger partial charge on any atom is -0.465 e. The standard InChI is InChI=1S/C15H22N2O4Si/c1-20-15(19)11-5-6-16-14-12(11)9-13(18)17(14)10-21-7-8-22(2,3)4/h5-6H,7-10H2,1-4H3. The van der Waals surface area contributed by atoms with Crippen LogP contribution in [-0.4, -0.2) is 45.4 Å². The van der Waals surface area contributed by atoms with Gasteiger partial charge >= 0.3 is 5.97 Å². The van der Waals surface area contributed by atoms with Crippen molar-refractivity contribution in [3.63, 3.8) is 0 Å². The molecule has 1 aliphatic heterocycles. The molecule has 0 radical (unpaired) electrons. The van der Waals surface area contributed by atoms with Crippen molar-refractivity contribution >= 4 is 25.8 Å². The van der Waals surface area contributed by atoms with Gasteiger partial charge in [-0.05, 0) is 12.1 Å². The summed E-state index contributed by atoms with van der Waals surface area (Å²) in [6, 6.07) is 2.62. The van der Waals surface area contributed by atoms with E-state index in [2.05, 4.69) is 24.6 Å². The lowest BCUT2D eigenvalue weighted by Crippen LogP contribution is -2.31. The summed E-state index contributed by atoms with van der Waals surface area (Å²) < 4.78 is 10.4. The quantitative estimate of drug-likeness (QED) is 0.455. The summed E-state index contributed by atoms with van der Waals surface area (Å²) in [5, 5.41) is 0. The molecule has 0 aliphatic carbocycles. The molecule has 2 heterocycles. The molecular formula is C15H22N2O4Si. The fourth-order valence-electron chi connectivity index (χ4n) is 2.22. The number of fused-ring (bicyclic) bond motifs is 1. The third kappa shape index (κ3) is 3.72. The van der Waals surface area contributed by atoms with E-state index in [1.807, 2.05) is 0 Å². The minimum absolute atomic E-state index is 0.105. The Morgan fingerprint density at radius 3 is 2.77 bits per heavy atom. The average molecular weight is 322 g/mol. The van der Waals surface area contributed by atoms with Gasteiger partial charge in [-0.2, -0.15) is 0 Å². The van der Waals surface area contributed by atoms with Gasteiger partial charge in [0, 0.05) is 26.4 Å². The lowest BCUT2D eigenvalue weighted by atomic mass is 10.1. The summed E-state index contributed by atoms with van der Waals surface area (Å²) in [5.74, 6) is -0.0549. The monoisotopic (exact) mass is 322 g/mol. The van der Waals surface area contributed by atoms with E-state index in [1.165, 1.54) is 18.2 Å². The third-order valence-electron chi connectivity index (χ3n) is 3.54. The number of methoxy groups -OCH3 is 1. The number of pyridine rings is 1. The number of hydrogen-bond donors (Lipinski definition) is 0. The van der Waals surface area contributed by atoms with Crippen molar-refractivity contribution in [2.24, 2.45) is 0 Å². The van der Waals surface area contributed by atoms with E-state index in [0.29, 0.717) is 23.6 Å². The predicted octanol–water partition coefficient (Wildman–Crippen LogP) is 2.07. The Hall–Kier alpha value is -1.73. The Bertz CT molecular complexity index is 583. The predicted molar refractivity (Wildman–Crippen MR) is 85.7 cm³/mol. The van der Waals surface area contributed by atoms with Crippen LogP contribution in [0, 0.1) is 0 Å². The third-order valence-corrected chi connectivity index (χ3v) is 5.24. The molecule has 1 aromatic heterocycles. The maximum absolute atomic E-state index is 12.1. The Morgan fingerprint density at radius 2 is 2.14 bits per heavy atom. The zero-order valence-electron chi connectivity index (χ0n) is 13.5. The Labute approximate surface area is 131 Å². The van der Waals surface area contributed by atoms with Crippen LogP contribution in [0.2, 0.25) is 25.7 Å². The average Bonchev–Trinajstić information content (AvgIpc) is 2.77. The van der Waals surface area contributed by atoms with Gasteiger partial charge in [-0.15, -0.1) is 0 Å². The van der Waals surface area contributed by atoms with E-state index < -0.39 is 14.0 Å². The molecule has 0 N–H and O–H groups in total. The fraction of sp³-hybridized carbons (Fsp3) is 0.533. The van der Waals surface area contributed by atoms with Crippen LogP contribution in [0.1, 0.15) is 15.9 Å². The number of nitrogens with zero attached hydrogens (tertiary/aromatic N) is 2. The molecule has 0 atom stereocenters. The van der Waals surface area contributed by atoms with E-state index in [4.69, 9.17) is 9.47 Å². The Morgan fingerprint density at radius 1 is 1.41 bits per heavy atom. The number of hydrogen-bond acceptors (Lipinski definition) is 5. The molecule has 2 rings (SSSR count). The molecule has 7 heteroatoms. The highest BCUT2D eigenvalue weighted by Gasteiger charge is 2.32. The minimum atomic E-state index is -1.16. The van der Waals surface area contributed by atoms with Crippen LogP contribution in [0.3, 0.4) is 0 Å². The maximum atomic E-state index is 12.1. The lowest BCUT2D eigenvalue weighted by Gasteiger charge is -2.19. The van der Waals surface area contributed by atoms with E-state index in [9.17, 15) is 9.59 Å². The highest BCUT2D eigenvalue weighted by atomic mass is 28.3. The normalized spacial score (nSPS) is 14.2. The second-order valence-electron chi connectivity index (χ2n) is 6.50. The first kappa shape index (κ1) is 16.6. The summed E-state index contributed by atoms with van der Waals surface area (Å²) in [6.07, 6.45) is 1.67. The first-order valence-electron chi connectivity index (χ1n) is 7.28. The van der Waals surface area contributed by atoms with Crippen molar-refractivity contribution in [3.05, 3.63) is 23.4 Å². The Balaban J connectivity index is 2.08. The van der Waals surface area contributed by atoms with Crippen molar-refractivity contribution in [1.29, 1.82) is 0 Å². The van der Waals surface area contributed by atoms with E-state index >= 15 is 0 Å². The van der Waals surface area contributed by atoms with E-state index in [0.717, 1.165) is 6.04 Å². The molecule has 0 bridgehead atoms. The van der Waals surface area contributed by atoms with E-state index in [-0.39, 0.29) is 19.1 Å². The highest BCUT2D eigenvalue weighted by Crippen LogP contribution is 2.29. The molecule has 1 aromatic rings. The van der Waals surface area contributed by atoms with Gasteiger partial charge in [0.05, 0.1) is 19.1 Å². The fourth-order valence-corrected chi connectivity index (χ4v) is 2.98. The highest BCUT2D eigenvalue weighted by molar-refractivity contribution is 6.76. The summed E-state index contributed by atoms with van der Waals surface area (Å²) in [6.45, 7) is 7.63. The van der Waals surface area contributed by atoms with Crippen molar-refractivity contribution in [3.8, 4) is 0 Å². The molecule has 1 amide bonds. The van der Waals surface area contributed by atoms with Crippen LogP contribution in [-0.2, 0) is 20.7 Å². The first-order valence-corrected chi connectivity index (χ1v) is 11.0. The van der Waals surface area contributed by atoms with Gasteiger partial charge in [0.1, 0.15) is 12.5 Å². The van der Waals surface area contributed by atoms with Crippen molar-refractivity contribution < 1.29 is 19.1 Å². The molecular weight excluding hydrogens is 300 g/mol. The van der Waals surface area contributed by atoms with Gasteiger partial charge in [0.25, 0.3) is 0 Å². The van der Waals surface area contributed by atoms with Gasteiger partial charge in [0.2, 0.25) is 5.91 Å². The van der Waals surface area contributed by atoms with Gasteiger partial charge in [-0.25, -0.2) is 9.78 Å². The number of ether oxygens (including phenoxy) is 2. The number of amides is 1. The second-order valence-corrected chi connectivity index (χ2v) is 12.1. The smallest absolute Gasteiger partial charge is 0.338 e. The number of carbonyl (C=O) groups is 2.